The third-order valence-electron chi connectivity index (χ3n) is 3.03. The highest BCUT2D eigenvalue weighted by Gasteiger charge is 2.38. The summed E-state index contributed by atoms with van der Waals surface area (Å²) in [5.74, 6) is 0. The zero-order valence-electron chi connectivity index (χ0n) is 12.9. The molecule has 0 fully saturated rings. The fourth-order valence-electron chi connectivity index (χ4n) is 1.64. The van der Waals surface area contributed by atoms with Crippen LogP contribution >= 0.6 is 0 Å². The molecule has 0 aliphatic rings. The highest BCUT2D eigenvalue weighted by Crippen LogP contribution is 2.25. The summed E-state index contributed by atoms with van der Waals surface area (Å²) in [5, 5.41) is 0. The number of rotatable bonds is 3. The Hall–Kier alpha value is -1.91. The molecule has 0 bridgehead atoms. The molecule has 0 aliphatic carbocycles. The van der Waals surface area contributed by atoms with Gasteiger partial charge >= 0.3 is 6.09 Å². The first-order valence-corrected chi connectivity index (χ1v) is 6.46. The topological polar surface area (TPSA) is 59.5 Å². The van der Waals surface area contributed by atoms with E-state index in [2.05, 4.69) is 4.98 Å². The lowest BCUT2D eigenvalue weighted by Crippen LogP contribution is -2.48. The van der Waals surface area contributed by atoms with Gasteiger partial charge in [-0.3, -0.25) is 9.88 Å². The third-order valence-corrected chi connectivity index (χ3v) is 3.03. The van der Waals surface area contributed by atoms with Crippen LogP contribution in [0, 0.1) is 6.92 Å². The van der Waals surface area contributed by atoms with Crippen molar-refractivity contribution < 1.29 is 14.3 Å². The van der Waals surface area contributed by atoms with Gasteiger partial charge in [-0.1, -0.05) is 0 Å². The van der Waals surface area contributed by atoms with Crippen LogP contribution in [0.5, 0.6) is 0 Å². The summed E-state index contributed by atoms with van der Waals surface area (Å²) in [6.07, 6.45) is 1.77. The fourth-order valence-corrected chi connectivity index (χ4v) is 1.64. The first-order valence-electron chi connectivity index (χ1n) is 6.46. The molecule has 0 N–H and O–H groups in total. The number of aryl methyl sites for hydroxylation is 1. The SMILES string of the molecule is Cc1ccnc(C(C)(C=O)N(C)C(=O)OC(C)(C)C)c1. The van der Waals surface area contributed by atoms with E-state index in [1.165, 1.54) is 11.9 Å². The van der Waals surface area contributed by atoms with Crippen LogP contribution in [0.2, 0.25) is 0 Å². The number of hydrogen-bond acceptors (Lipinski definition) is 4. The summed E-state index contributed by atoms with van der Waals surface area (Å²) in [4.78, 5) is 29.2. The molecule has 1 rings (SSSR count). The van der Waals surface area contributed by atoms with Crippen LogP contribution in [0.25, 0.3) is 0 Å². The maximum absolute atomic E-state index is 12.1. The molecule has 110 valence electrons. The first kappa shape index (κ1) is 16.1. The zero-order chi connectivity index (χ0) is 15.6. The van der Waals surface area contributed by atoms with E-state index in [-0.39, 0.29) is 0 Å². The maximum atomic E-state index is 12.1. The molecule has 1 atom stereocenters. The molecular weight excluding hydrogens is 256 g/mol. The summed E-state index contributed by atoms with van der Waals surface area (Å²) in [7, 11) is 1.53. The number of carbonyl (C=O) groups is 2. The minimum absolute atomic E-state index is 0.515. The maximum Gasteiger partial charge on any atom is 0.411 e. The second-order valence-corrected chi connectivity index (χ2v) is 6.02. The van der Waals surface area contributed by atoms with E-state index in [1.807, 2.05) is 13.0 Å². The number of likely N-dealkylation sites (N-methyl/N-ethyl adjacent to an activating group) is 1. The highest BCUT2D eigenvalue weighted by atomic mass is 16.6. The molecule has 20 heavy (non-hydrogen) atoms. The van der Waals surface area contributed by atoms with Crippen molar-refractivity contribution in [2.24, 2.45) is 0 Å². The number of ether oxygens (including phenoxy) is 1. The molecule has 0 aliphatic heterocycles. The number of aromatic nitrogens is 1. The Morgan fingerprint density at radius 2 is 1.95 bits per heavy atom. The molecule has 0 spiro atoms. The third kappa shape index (κ3) is 3.56. The fraction of sp³-hybridized carbons (Fsp3) is 0.533. The Bertz CT molecular complexity index is 508. The first-order chi connectivity index (χ1) is 9.10. The number of hydrogen-bond donors (Lipinski definition) is 0. The van der Waals surface area contributed by atoms with Crippen molar-refractivity contribution in [1.29, 1.82) is 0 Å². The summed E-state index contributed by atoms with van der Waals surface area (Å²) in [6, 6.07) is 3.62. The molecule has 0 radical (unpaired) electrons. The van der Waals surface area contributed by atoms with E-state index in [1.54, 1.807) is 40.0 Å². The van der Waals surface area contributed by atoms with E-state index < -0.39 is 17.2 Å². The van der Waals surface area contributed by atoms with Crippen LogP contribution in [0.4, 0.5) is 4.79 Å². The summed E-state index contributed by atoms with van der Waals surface area (Å²) in [5.41, 5.74) is -0.287. The van der Waals surface area contributed by atoms with Gasteiger partial charge in [-0.05, 0) is 52.3 Å². The van der Waals surface area contributed by atoms with Crippen molar-refractivity contribution in [1.82, 2.24) is 9.88 Å². The molecule has 5 nitrogen and oxygen atoms in total. The van der Waals surface area contributed by atoms with Crippen LogP contribution in [0.15, 0.2) is 18.3 Å². The summed E-state index contributed by atoms with van der Waals surface area (Å²) in [6.45, 7) is 8.89. The number of carbonyl (C=O) groups excluding carboxylic acids is 2. The number of pyridine rings is 1. The Morgan fingerprint density at radius 1 is 1.35 bits per heavy atom. The standard InChI is InChI=1S/C15H22N2O3/c1-11-7-8-16-12(9-11)15(5,10-18)17(6)13(19)20-14(2,3)4/h7-10H,1-6H3. The van der Waals surface area contributed by atoms with Crippen LogP contribution < -0.4 is 0 Å². The summed E-state index contributed by atoms with van der Waals surface area (Å²) >= 11 is 0. The smallest absolute Gasteiger partial charge is 0.411 e. The molecule has 1 aromatic heterocycles. The van der Waals surface area contributed by atoms with Crippen molar-refractivity contribution >= 4 is 12.4 Å². The Labute approximate surface area is 119 Å². The van der Waals surface area contributed by atoms with Gasteiger partial charge in [0.25, 0.3) is 0 Å². The molecule has 1 aromatic rings. The Kier molecular flexibility index (Phi) is 4.53. The molecule has 1 amide bonds. The lowest BCUT2D eigenvalue weighted by molar-refractivity contribution is -0.117. The average Bonchev–Trinajstić information content (AvgIpc) is 2.34. The molecule has 5 heteroatoms. The lowest BCUT2D eigenvalue weighted by atomic mass is 9.96. The molecule has 1 heterocycles. The number of amides is 1. The van der Waals surface area contributed by atoms with Gasteiger partial charge in [0.2, 0.25) is 0 Å². The van der Waals surface area contributed by atoms with E-state index in [0.717, 1.165) is 5.56 Å². The van der Waals surface area contributed by atoms with Gasteiger partial charge in [-0.15, -0.1) is 0 Å². The van der Waals surface area contributed by atoms with Crippen LogP contribution in [-0.4, -0.2) is 34.9 Å². The monoisotopic (exact) mass is 278 g/mol. The second kappa shape index (κ2) is 5.61. The van der Waals surface area contributed by atoms with E-state index in [9.17, 15) is 9.59 Å². The minimum atomic E-state index is -1.16. The predicted molar refractivity (Wildman–Crippen MR) is 76.4 cm³/mol. The minimum Gasteiger partial charge on any atom is -0.444 e. The van der Waals surface area contributed by atoms with E-state index in [0.29, 0.717) is 12.0 Å². The van der Waals surface area contributed by atoms with Gasteiger partial charge in [-0.25, -0.2) is 4.79 Å². The average molecular weight is 278 g/mol. The van der Waals surface area contributed by atoms with E-state index >= 15 is 0 Å². The van der Waals surface area contributed by atoms with Gasteiger partial charge < -0.3 is 9.53 Å². The summed E-state index contributed by atoms with van der Waals surface area (Å²) < 4.78 is 5.30. The van der Waals surface area contributed by atoms with Crippen molar-refractivity contribution in [3.05, 3.63) is 29.6 Å². The van der Waals surface area contributed by atoms with Crippen molar-refractivity contribution in [3.63, 3.8) is 0 Å². The molecule has 0 aromatic carbocycles. The van der Waals surface area contributed by atoms with Crippen LogP contribution in [0.3, 0.4) is 0 Å². The van der Waals surface area contributed by atoms with Gasteiger partial charge in [-0.2, -0.15) is 0 Å². The van der Waals surface area contributed by atoms with Gasteiger partial charge in [0.05, 0.1) is 5.69 Å². The molecule has 0 saturated carbocycles. The molecular formula is C15H22N2O3. The predicted octanol–water partition coefficient (Wildman–Crippen LogP) is 2.67. The Morgan fingerprint density at radius 3 is 2.40 bits per heavy atom. The number of nitrogens with zero attached hydrogens (tertiary/aromatic N) is 2. The second-order valence-electron chi connectivity index (χ2n) is 6.02. The zero-order valence-corrected chi connectivity index (χ0v) is 12.9. The van der Waals surface area contributed by atoms with Crippen molar-refractivity contribution in [2.45, 2.75) is 45.8 Å². The molecule has 1 unspecified atom stereocenters. The van der Waals surface area contributed by atoms with E-state index in [4.69, 9.17) is 4.74 Å². The quantitative estimate of drug-likeness (QED) is 0.798. The normalized spacial score (nSPS) is 14.3. The van der Waals surface area contributed by atoms with Crippen molar-refractivity contribution in [2.75, 3.05) is 7.05 Å². The van der Waals surface area contributed by atoms with Crippen LogP contribution in [0.1, 0.15) is 39.0 Å². The Balaban J connectivity index is 3.10. The van der Waals surface area contributed by atoms with Gasteiger partial charge in [0.1, 0.15) is 11.1 Å². The molecule has 0 saturated heterocycles. The highest BCUT2D eigenvalue weighted by molar-refractivity contribution is 5.77. The number of aldehydes is 1. The lowest BCUT2D eigenvalue weighted by Gasteiger charge is -2.35. The van der Waals surface area contributed by atoms with Crippen LogP contribution in [-0.2, 0) is 15.1 Å². The largest absolute Gasteiger partial charge is 0.444 e. The van der Waals surface area contributed by atoms with Crippen molar-refractivity contribution in [3.8, 4) is 0 Å². The van der Waals surface area contributed by atoms with Gasteiger partial charge in [0, 0.05) is 13.2 Å². The van der Waals surface area contributed by atoms with Gasteiger partial charge in [0.15, 0.2) is 6.29 Å².